The van der Waals surface area contributed by atoms with E-state index in [4.69, 9.17) is 5.26 Å². The van der Waals surface area contributed by atoms with Gasteiger partial charge in [0.1, 0.15) is 5.01 Å². The number of halogens is 3. The topological polar surface area (TPSA) is 48.7 Å². The molecule has 0 fully saturated rings. The van der Waals surface area contributed by atoms with Gasteiger partial charge < -0.3 is 5.32 Å². The van der Waals surface area contributed by atoms with Crippen molar-refractivity contribution in [3.05, 3.63) is 45.4 Å². The average Bonchev–Trinajstić information content (AvgIpc) is 2.95. The van der Waals surface area contributed by atoms with Crippen molar-refractivity contribution in [3.8, 4) is 6.07 Å². The number of anilines is 1. The molecule has 0 spiro atoms. The van der Waals surface area contributed by atoms with E-state index in [2.05, 4.69) is 10.3 Å². The molecule has 0 saturated carbocycles. The van der Waals surface area contributed by atoms with Gasteiger partial charge in [0.15, 0.2) is 0 Å². The van der Waals surface area contributed by atoms with Crippen LogP contribution in [0.25, 0.3) is 0 Å². The van der Waals surface area contributed by atoms with Gasteiger partial charge in [-0.2, -0.15) is 18.4 Å². The zero-order chi connectivity index (χ0) is 16.3. The van der Waals surface area contributed by atoms with Crippen molar-refractivity contribution in [3.63, 3.8) is 0 Å². The van der Waals surface area contributed by atoms with Crippen LogP contribution in [-0.2, 0) is 12.6 Å². The second-order valence-electron chi connectivity index (χ2n) is 4.75. The molecule has 22 heavy (non-hydrogen) atoms. The summed E-state index contributed by atoms with van der Waals surface area (Å²) in [5.74, 6) is 0. The van der Waals surface area contributed by atoms with Crippen molar-refractivity contribution < 1.29 is 13.2 Å². The minimum absolute atomic E-state index is 0.209. The third-order valence-electron chi connectivity index (χ3n) is 3.12. The summed E-state index contributed by atoms with van der Waals surface area (Å²) < 4.78 is 38.8. The molecule has 1 atom stereocenters. The number of hydrogen-bond donors (Lipinski definition) is 1. The van der Waals surface area contributed by atoms with Gasteiger partial charge in [0.05, 0.1) is 23.2 Å². The van der Waals surface area contributed by atoms with E-state index in [-0.39, 0.29) is 11.6 Å². The fraction of sp³-hybridized carbons (Fsp3) is 0.333. The van der Waals surface area contributed by atoms with Crippen LogP contribution < -0.4 is 5.32 Å². The van der Waals surface area contributed by atoms with Crippen LogP contribution in [0.3, 0.4) is 0 Å². The molecule has 1 N–H and O–H groups in total. The van der Waals surface area contributed by atoms with E-state index in [9.17, 15) is 13.2 Å². The Labute approximate surface area is 130 Å². The zero-order valence-corrected chi connectivity index (χ0v) is 12.8. The molecule has 2 rings (SSSR count). The van der Waals surface area contributed by atoms with Gasteiger partial charge in [-0.1, -0.05) is 6.92 Å². The summed E-state index contributed by atoms with van der Waals surface area (Å²) in [6.45, 7) is 3.86. The zero-order valence-electron chi connectivity index (χ0n) is 12.0. The van der Waals surface area contributed by atoms with Gasteiger partial charge in [-0.25, -0.2) is 4.98 Å². The smallest absolute Gasteiger partial charge is 0.376 e. The number of benzene rings is 1. The summed E-state index contributed by atoms with van der Waals surface area (Å²) in [5.41, 5.74) is -0.999. The third-order valence-corrected chi connectivity index (χ3v) is 4.44. The summed E-state index contributed by atoms with van der Waals surface area (Å²) in [7, 11) is 0. The first-order valence-corrected chi connectivity index (χ1v) is 7.49. The second-order valence-corrected chi connectivity index (χ2v) is 5.90. The van der Waals surface area contributed by atoms with Crippen molar-refractivity contribution in [1.82, 2.24) is 4.98 Å². The largest absolute Gasteiger partial charge is 0.417 e. The van der Waals surface area contributed by atoms with Crippen LogP contribution in [0.2, 0.25) is 0 Å². The molecule has 1 aromatic heterocycles. The van der Waals surface area contributed by atoms with Crippen molar-refractivity contribution >= 4 is 17.0 Å². The summed E-state index contributed by atoms with van der Waals surface area (Å²) >= 11 is 1.53. The molecule has 0 radical (unpaired) electrons. The van der Waals surface area contributed by atoms with Crippen molar-refractivity contribution in [2.75, 3.05) is 5.32 Å². The van der Waals surface area contributed by atoms with Gasteiger partial charge in [0.25, 0.3) is 0 Å². The second kappa shape index (κ2) is 6.36. The van der Waals surface area contributed by atoms with E-state index in [0.717, 1.165) is 22.4 Å². The highest BCUT2D eigenvalue weighted by Gasteiger charge is 2.34. The highest BCUT2D eigenvalue weighted by atomic mass is 32.1. The molecule has 0 aliphatic heterocycles. The molecular formula is C15H14F3N3S. The number of aromatic nitrogens is 1. The maximum absolute atomic E-state index is 12.9. The fourth-order valence-electron chi connectivity index (χ4n) is 1.96. The first kappa shape index (κ1) is 16.3. The maximum Gasteiger partial charge on any atom is 0.417 e. The van der Waals surface area contributed by atoms with Crippen LogP contribution in [-0.4, -0.2) is 4.98 Å². The minimum Gasteiger partial charge on any atom is -0.376 e. The monoisotopic (exact) mass is 325 g/mol. The first-order valence-electron chi connectivity index (χ1n) is 6.67. The Balaban J connectivity index is 2.25. The molecular weight excluding hydrogens is 311 g/mol. The molecule has 0 amide bonds. The molecule has 2 aromatic rings. The SMILES string of the molecule is CCc1cnc(C(C)Nc2ccc(C#N)c(C(F)(F)F)c2)s1. The van der Waals surface area contributed by atoms with Gasteiger partial charge in [-0.05, 0) is 31.5 Å². The van der Waals surface area contributed by atoms with Gasteiger partial charge in [-0.15, -0.1) is 11.3 Å². The van der Waals surface area contributed by atoms with E-state index in [1.54, 1.807) is 12.3 Å². The Morgan fingerprint density at radius 2 is 2.14 bits per heavy atom. The minimum atomic E-state index is -4.55. The highest BCUT2D eigenvalue weighted by molar-refractivity contribution is 7.11. The summed E-state index contributed by atoms with van der Waals surface area (Å²) in [5, 5.41) is 12.6. The Hall–Kier alpha value is -2.07. The van der Waals surface area contributed by atoms with Crippen LogP contribution in [0.15, 0.2) is 24.4 Å². The maximum atomic E-state index is 12.9. The van der Waals surface area contributed by atoms with E-state index in [0.29, 0.717) is 5.69 Å². The Kier molecular flexibility index (Phi) is 4.71. The number of alkyl halides is 3. The lowest BCUT2D eigenvalue weighted by atomic mass is 10.1. The molecule has 3 nitrogen and oxygen atoms in total. The van der Waals surface area contributed by atoms with Gasteiger partial charge >= 0.3 is 6.18 Å². The van der Waals surface area contributed by atoms with Crippen molar-refractivity contribution in [1.29, 1.82) is 5.26 Å². The number of nitriles is 1. The predicted molar refractivity (Wildman–Crippen MR) is 79.7 cm³/mol. The number of rotatable bonds is 4. The number of aryl methyl sites for hydroxylation is 1. The Morgan fingerprint density at radius 1 is 1.41 bits per heavy atom. The number of nitrogens with zero attached hydrogens (tertiary/aromatic N) is 2. The van der Waals surface area contributed by atoms with Crippen LogP contribution in [0.4, 0.5) is 18.9 Å². The third kappa shape index (κ3) is 3.57. The lowest BCUT2D eigenvalue weighted by molar-refractivity contribution is -0.137. The van der Waals surface area contributed by atoms with Crippen LogP contribution in [0.5, 0.6) is 0 Å². The number of nitrogens with one attached hydrogen (secondary N) is 1. The van der Waals surface area contributed by atoms with E-state index >= 15 is 0 Å². The quantitative estimate of drug-likeness (QED) is 0.881. The molecule has 116 valence electrons. The summed E-state index contributed by atoms with van der Waals surface area (Å²) in [6, 6.07) is 4.97. The van der Waals surface area contributed by atoms with Gasteiger partial charge in [0.2, 0.25) is 0 Å². The van der Waals surface area contributed by atoms with Gasteiger partial charge in [-0.3, -0.25) is 0 Å². The average molecular weight is 325 g/mol. The van der Waals surface area contributed by atoms with Gasteiger partial charge in [0, 0.05) is 16.8 Å². The summed E-state index contributed by atoms with van der Waals surface area (Å²) in [6.07, 6.45) is -1.90. The van der Waals surface area contributed by atoms with E-state index in [1.165, 1.54) is 23.5 Å². The normalized spacial score (nSPS) is 12.7. The summed E-state index contributed by atoms with van der Waals surface area (Å²) in [4.78, 5) is 5.39. The first-order chi connectivity index (χ1) is 10.3. The molecule has 0 saturated heterocycles. The van der Waals surface area contributed by atoms with Crippen LogP contribution in [0, 0.1) is 11.3 Å². The number of thiazole rings is 1. The fourth-order valence-corrected chi connectivity index (χ4v) is 2.82. The van der Waals surface area contributed by atoms with Crippen molar-refractivity contribution in [2.24, 2.45) is 0 Å². The lowest BCUT2D eigenvalue weighted by Crippen LogP contribution is -2.11. The molecule has 0 bridgehead atoms. The Morgan fingerprint density at radius 3 is 2.68 bits per heavy atom. The molecule has 1 unspecified atom stereocenters. The van der Waals surface area contributed by atoms with E-state index in [1.807, 2.05) is 13.8 Å². The molecule has 0 aliphatic carbocycles. The van der Waals surface area contributed by atoms with Crippen molar-refractivity contribution in [2.45, 2.75) is 32.5 Å². The molecule has 1 aromatic carbocycles. The predicted octanol–water partition coefficient (Wildman–Crippen LogP) is 4.77. The highest BCUT2D eigenvalue weighted by Crippen LogP contribution is 2.34. The standard InChI is InChI=1S/C15H14F3N3S/c1-3-12-8-20-14(22-12)9(2)21-11-5-4-10(7-19)13(6-11)15(16,17)18/h4-6,8-9,21H,3H2,1-2H3. The molecule has 7 heteroatoms. The molecule has 1 heterocycles. The van der Waals surface area contributed by atoms with Crippen LogP contribution in [0.1, 0.15) is 40.9 Å². The Bertz CT molecular complexity index is 701. The number of hydrogen-bond acceptors (Lipinski definition) is 4. The molecule has 0 aliphatic rings. The van der Waals surface area contributed by atoms with Crippen LogP contribution >= 0.6 is 11.3 Å². The lowest BCUT2D eigenvalue weighted by Gasteiger charge is -2.15. The van der Waals surface area contributed by atoms with E-state index < -0.39 is 11.7 Å².